The number of rotatable bonds is 4. The highest BCUT2D eigenvalue weighted by Gasteiger charge is 2.12. The van der Waals surface area contributed by atoms with Crippen molar-refractivity contribution < 1.29 is 4.39 Å². The van der Waals surface area contributed by atoms with E-state index in [1.165, 1.54) is 18.5 Å². The first-order chi connectivity index (χ1) is 12.2. The average Bonchev–Trinajstić information content (AvgIpc) is 3.07. The van der Waals surface area contributed by atoms with E-state index in [1.54, 1.807) is 47.0 Å². The summed E-state index contributed by atoms with van der Waals surface area (Å²) in [6.07, 6.45) is 4.98. The summed E-state index contributed by atoms with van der Waals surface area (Å²) >= 11 is 7.38. The first kappa shape index (κ1) is 16.0. The van der Waals surface area contributed by atoms with Gasteiger partial charge in [-0.3, -0.25) is 0 Å². The molecular weight excluding hydrogens is 361 g/mol. The molecule has 0 saturated heterocycles. The fraction of sp³-hybridized carbons (Fsp3) is 0.0588. The van der Waals surface area contributed by atoms with Crippen molar-refractivity contribution in [2.75, 3.05) is 0 Å². The van der Waals surface area contributed by atoms with Crippen molar-refractivity contribution in [1.82, 2.24) is 24.7 Å². The smallest absolute Gasteiger partial charge is 0.167 e. The number of hydrogen-bond donors (Lipinski definition) is 0. The van der Waals surface area contributed by atoms with Gasteiger partial charge in [0, 0.05) is 11.9 Å². The molecule has 0 spiro atoms. The van der Waals surface area contributed by atoms with Crippen molar-refractivity contribution in [3.8, 4) is 5.69 Å². The quantitative estimate of drug-likeness (QED) is 0.304. The number of halogens is 2. The van der Waals surface area contributed by atoms with Crippen LogP contribution in [-0.4, -0.2) is 24.7 Å². The van der Waals surface area contributed by atoms with Gasteiger partial charge in [-0.15, -0.1) is 11.8 Å². The van der Waals surface area contributed by atoms with Gasteiger partial charge < -0.3 is 0 Å². The summed E-state index contributed by atoms with van der Waals surface area (Å²) < 4.78 is 14.8. The van der Waals surface area contributed by atoms with Gasteiger partial charge in [0.15, 0.2) is 5.65 Å². The molecule has 0 aliphatic heterocycles. The molecule has 0 aliphatic carbocycles. The van der Waals surface area contributed by atoms with Crippen molar-refractivity contribution in [3.63, 3.8) is 0 Å². The highest BCUT2D eigenvalue weighted by atomic mass is 35.5. The largest absolute Gasteiger partial charge is 0.244 e. The Hall–Kier alpha value is -2.51. The third-order valence-electron chi connectivity index (χ3n) is 3.56. The third-order valence-corrected chi connectivity index (χ3v) is 4.86. The van der Waals surface area contributed by atoms with Gasteiger partial charge in [0.1, 0.15) is 22.3 Å². The van der Waals surface area contributed by atoms with Crippen molar-refractivity contribution in [1.29, 1.82) is 0 Å². The molecule has 4 aromatic rings. The minimum atomic E-state index is -0.289. The summed E-state index contributed by atoms with van der Waals surface area (Å²) in [4.78, 5) is 12.7. The maximum absolute atomic E-state index is 13.1. The van der Waals surface area contributed by atoms with Crippen LogP contribution in [0.3, 0.4) is 0 Å². The van der Waals surface area contributed by atoms with E-state index in [0.717, 1.165) is 21.7 Å². The second kappa shape index (κ2) is 6.78. The van der Waals surface area contributed by atoms with Gasteiger partial charge in [0.2, 0.25) is 0 Å². The van der Waals surface area contributed by atoms with E-state index in [1.807, 2.05) is 6.07 Å². The van der Waals surface area contributed by atoms with Crippen LogP contribution < -0.4 is 0 Å². The Labute approximate surface area is 151 Å². The summed E-state index contributed by atoms with van der Waals surface area (Å²) in [7, 11) is 0. The standard InChI is InChI=1S/C17H11ClFN5S/c18-15-6-1-11(7-20-15)9-25-17-14-8-23-24(16(14)21-10-22-17)13-4-2-12(19)3-5-13/h1-8,10H,9H2. The Morgan fingerprint density at radius 3 is 2.60 bits per heavy atom. The fourth-order valence-corrected chi connectivity index (χ4v) is 3.36. The molecule has 4 rings (SSSR count). The molecular formula is C17H11ClFN5S. The molecule has 1 aromatic carbocycles. The van der Waals surface area contributed by atoms with Crippen LogP contribution in [0.2, 0.25) is 5.15 Å². The molecule has 3 heterocycles. The van der Waals surface area contributed by atoms with Crippen LogP contribution in [0.15, 0.2) is 60.1 Å². The van der Waals surface area contributed by atoms with Gasteiger partial charge in [-0.05, 0) is 35.9 Å². The first-order valence-electron chi connectivity index (χ1n) is 7.38. The molecule has 0 saturated carbocycles. The SMILES string of the molecule is Fc1ccc(-n2ncc3c(SCc4ccc(Cl)nc4)ncnc32)cc1. The van der Waals surface area contributed by atoms with Crippen molar-refractivity contribution >= 4 is 34.4 Å². The van der Waals surface area contributed by atoms with Gasteiger partial charge in [-0.2, -0.15) is 5.10 Å². The molecule has 0 unspecified atom stereocenters. The minimum Gasteiger partial charge on any atom is -0.244 e. The summed E-state index contributed by atoms with van der Waals surface area (Å²) in [5, 5.41) is 6.52. The number of nitrogens with zero attached hydrogens (tertiary/aromatic N) is 5. The molecule has 0 atom stereocenters. The number of aromatic nitrogens is 5. The van der Waals surface area contributed by atoms with Crippen LogP contribution in [0, 0.1) is 5.82 Å². The molecule has 25 heavy (non-hydrogen) atoms. The normalized spacial score (nSPS) is 11.1. The number of hydrogen-bond acceptors (Lipinski definition) is 5. The van der Waals surface area contributed by atoms with E-state index in [0.29, 0.717) is 16.6 Å². The molecule has 0 fully saturated rings. The van der Waals surface area contributed by atoms with E-state index in [-0.39, 0.29) is 5.82 Å². The van der Waals surface area contributed by atoms with Crippen LogP contribution in [0.5, 0.6) is 0 Å². The summed E-state index contributed by atoms with van der Waals surface area (Å²) in [6.45, 7) is 0. The van der Waals surface area contributed by atoms with Crippen LogP contribution in [0.25, 0.3) is 16.7 Å². The molecule has 0 amide bonds. The maximum Gasteiger partial charge on any atom is 0.167 e. The minimum absolute atomic E-state index is 0.289. The van der Waals surface area contributed by atoms with E-state index >= 15 is 0 Å². The van der Waals surface area contributed by atoms with Crippen LogP contribution >= 0.6 is 23.4 Å². The lowest BCUT2D eigenvalue weighted by molar-refractivity contribution is 0.627. The number of fused-ring (bicyclic) bond motifs is 1. The molecule has 0 radical (unpaired) electrons. The van der Waals surface area contributed by atoms with E-state index in [4.69, 9.17) is 11.6 Å². The molecule has 0 N–H and O–H groups in total. The Balaban J connectivity index is 1.64. The number of benzene rings is 1. The zero-order valence-corrected chi connectivity index (χ0v) is 14.4. The average molecular weight is 372 g/mol. The molecule has 0 aliphatic rings. The molecule has 8 heteroatoms. The maximum atomic E-state index is 13.1. The van der Waals surface area contributed by atoms with Gasteiger partial charge in [-0.1, -0.05) is 17.7 Å². The molecule has 5 nitrogen and oxygen atoms in total. The lowest BCUT2D eigenvalue weighted by atomic mass is 10.3. The second-order valence-electron chi connectivity index (χ2n) is 5.23. The Morgan fingerprint density at radius 2 is 1.84 bits per heavy atom. The van der Waals surface area contributed by atoms with Gasteiger partial charge in [0.05, 0.1) is 17.3 Å². The van der Waals surface area contributed by atoms with Crippen LogP contribution in [-0.2, 0) is 5.75 Å². The lowest BCUT2D eigenvalue weighted by Crippen LogP contribution is -1.98. The predicted molar refractivity (Wildman–Crippen MR) is 95.4 cm³/mol. The molecule has 3 aromatic heterocycles. The zero-order chi connectivity index (χ0) is 17.2. The zero-order valence-electron chi connectivity index (χ0n) is 12.8. The summed E-state index contributed by atoms with van der Waals surface area (Å²) in [5.74, 6) is 0.417. The van der Waals surface area contributed by atoms with Gasteiger partial charge in [-0.25, -0.2) is 24.0 Å². The van der Waals surface area contributed by atoms with Crippen molar-refractivity contribution in [2.24, 2.45) is 0 Å². The Bertz CT molecular complexity index is 1020. The van der Waals surface area contributed by atoms with Crippen molar-refractivity contribution in [2.45, 2.75) is 10.8 Å². The Morgan fingerprint density at radius 1 is 1.00 bits per heavy atom. The van der Waals surface area contributed by atoms with Crippen molar-refractivity contribution in [3.05, 3.63) is 71.7 Å². The first-order valence-corrected chi connectivity index (χ1v) is 8.75. The summed E-state index contributed by atoms with van der Waals surface area (Å²) in [5.41, 5.74) is 2.47. The topological polar surface area (TPSA) is 56.5 Å². The highest BCUT2D eigenvalue weighted by Crippen LogP contribution is 2.28. The van der Waals surface area contributed by atoms with Gasteiger partial charge in [0.25, 0.3) is 0 Å². The second-order valence-corrected chi connectivity index (χ2v) is 6.58. The van der Waals surface area contributed by atoms with Gasteiger partial charge >= 0.3 is 0 Å². The summed E-state index contributed by atoms with van der Waals surface area (Å²) in [6, 6.07) is 9.81. The Kier molecular flexibility index (Phi) is 4.33. The predicted octanol–water partition coefficient (Wildman–Crippen LogP) is 4.30. The highest BCUT2D eigenvalue weighted by molar-refractivity contribution is 7.98. The number of thioether (sulfide) groups is 1. The molecule has 0 bridgehead atoms. The fourth-order valence-electron chi connectivity index (χ4n) is 2.35. The monoisotopic (exact) mass is 371 g/mol. The third kappa shape index (κ3) is 3.33. The van der Waals surface area contributed by atoms with E-state index in [2.05, 4.69) is 20.1 Å². The number of pyridine rings is 1. The molecule has 124 valence electrons. The van der Waals surface area contributed by atoms with E-state index < -0.39 is 0 Å². The van der Waals surface area contributed by atoms with Crippen LogP contribution in [0.1, 0.15) is 5.56 Å². The lowest BCUT2D eigenvalue weighted by Gasteiger charge is -2.04. The van der Waals surface area contributed by atoms with Crippen LogP contribution in [0.4, 0.5) is 4.39 Å². The van der Waals surface area contributed by atoms with E-state index in [9.17, 15) is 4.39 Å².